The Morgan fingerprint density at radius 1 is 1.53 bits per heavy atom. The first-order valence-corrected chi connectivity index (χ1v) is 5.92. The molecular weight excluding hydrogens is 216 g/mol. The van der Waals surface area contributed by atoms with Crippen LogP contribution in [-0.4, -0.2) is 13.0 Å². The van der Waals surface area contributed by atoms with E-state index in [4.69, 9.17) is 10.5 Å². The third-order valence-corrected chi connectivity index (χ3v) is 3.20. The van der Waals surface area contributed by atoms with Crippen molar-refractivity contribution in [3.8, 4) is 5.75 Å². The third kappa shape index (κ3) is 2.90. The molecule has 1 aromatic carbocycles. The highest BCUT2D eigenvalue weighted by atomic mass is 16.5. The number of carbonyl (C=O) groups excluding carboxylic acids is 1. The van der Waals surface area contributed by atoms with Crippen LogP contribution in [0, 0.1) is 5.92 Å². The zero-order valence-corrected chi connectivity index (χ0v) is 10.0. The lowest BCUT2D eigenvalue weighted by molar-refractivity contribution is -0.117. The fraction of sp³-hybridized carbons (Fsp3) is 0.462. The van der Waals surface area contributed by atoms with Gasteiger partial charge in [-0.3, -0.25) is 4.79 Å². The molecule has 17 heavy (non-hydrogen) atoms. The van der Waals surface area contributed by atoms with Gasteiger partial charge in [0.1, 0.15) is 5.75 Å². The van der Waals surface area contributed by atoms with Gasteiger partial charge in [-0.25, -0.2) is 0 Å². The van der Waals surface area contributed by atoms with Gasteiger partial charge in [-0.1, -0.05) is 6.42 Å². The Morgan fingerprint density at radius 2 is 2.29 bits per heavy atom. The first-order valence-electron chi connectivity index (χ1n) is 5.92. The standard InChI is InChI=1S/C13H18N2O2/c1-17-12-6-5-10(14)8-11(12)15-13(16)7-9-3-2-4-9/h5-6,8-9H,2-4,7,14H2,1H3,(H,15,16). The van der Waals surface area contributed by atoms with Crippen LogP contribution in [0.1, 0.15) is 25.7 Å². The molecule has 0 unspecified atom stereocenters. The van der Waals surface area contributed by atoms with Crippen molar-refractivity contribution in [3.63, 3.8) is 0 Å². The molecule has 1 fully saturated rings. The van der Waals surface area contributed by atoms with Crippen LogP contribution < -0.4 is 15.8 Å². The van der Waals surface area contributed by atoms with E-state index < -0.39 is 0 Å². The Morgan fingerprint density at radius 3 is 2.88 bits per heavy atom. The Kier molecular flexibility index (Phi) is 3.52. The lowest BCUT2D eigenvalue weighted by Gasteiger charge is -2.24. The Labute approximate surface area is 101 Å². The van der Waals surface area contributed by atoms with Crippen LogP contribution in [0.15, 0.2) is 18.2 Å². The van der Waals surface area contributed by atoms with Crippen LogP contribution in [0.5, 0.6) is 5.75 Å². The first-order chi connectivity index (χ1) is 8.19. The average molecular weight is 234 g/mol. The number of carbonyl (C=O) groups is 1. The van der Waals surface area contributed by atoms with E-state index in [-0.39, 0.29) is 5.91 Å². The summed E-state index contributed by atoms with van der Waals surface area (Å²) in [6.07, 6.45) is 4.18. The molecule has 4 nitrogen and oxygen atoms in total. The minimum absolute atomic E-state index is 0.0404. The second-order valence-electron chi connectivity index (χ2n) is 4.51. The quantitative estimate of drug-likeness (QED) is 0.786. The molecule has 1 aromatic rings. The number of anilines is 2. The second kappa shape index (κ2) is 5.08. The van der Waals surface area contributed by atoms with E-state index in [1.807, 2.05) is 0 Å². The van der Waals surface area contributed by atoms with Crippen molar-refractivity contribution in [3.05, 3.63) is 18.2 Å². The average Bonchev–Trinajstić information content (AvgIpc) is 2.24. The van der Waals surface area contributed by atoms with Crippen molar-refractivity contribution < 1.29 is 9.53 Å². The third-order valence-electron chi connectivity index (χ3n) is 3.20. The number of nitrogen functional groups attached to an aromatic ring is 1. The topological polar surface area (TPSA) is 64.3 Å². The van der Waals surface area contributed by atoms with Gasteiger partial charge in [0.2, 0.25) is 5.91 Å². The Hall–Kier alpha value is -1.71. The number of rotatable bonds is 4. The van der Waals surface area contributed by atoms with Crippen molar-refractivity contribution in [1.29, 1.82) is 0 Å². The normalized spacial score (nSPS) is 15.1. The van der Waals surface area contributed by atoms with Gasteiger partial charge in [0.05, 0.1) is 12.8 Å². The lowest BCUT2D eigenvalue weighted by Crippen LogP contribution is -2.21. The van der Waals surface area contributed by atoms with Crippen molar-refractivity contribution in [1.82, 2.24) is 0 Å². The molecule has 1 aliphatic carbocycles. The van der Waals surface area contributed by atoms with Crippen LogP contribution in [0.3, 0.4) is 0 Å². The molecule has 1 aliphatic rings. The van der Waals surface area contributed by atoms with Gasteiger partial charge < -0.3 is 15.8 Å². The van der Waals surface area contributed by atoms with Crippen LogP contribution in [0.4, 0.5) is 11.4 Å². The summed E-state index contributed by atoms with van der Waals surface area (Å²) in [6, 6.07) is 5.23. The molecule has 3 N–H and O–H groups in total. The van der Waals surface area contributed by atoms with Crippen LogP contribution >= 0.6 is 0 Å². The SMILES string of the molecule is COc1ccc(N)cc1NC(=O)CC1CCC1. The van der Waals surface area contributed by atoms with Crippen molar-refractivity contribution in [2.75, 3.05) is 18.2 Å². The summed E-state index contributed by atoms with van der Waals surface area (Å²) < 4.78 is 5.18. The summed E-state index contributed by atoms with van der Waals surface area (Å²) in [7, 11) is 1.58. The lowest BCUT2D eigenvalue weighted by atomic mass is 9.83. The van der Waals surface area contributed by atoms with E-state index in [9.17, 15) is 4.79 Å². The zero-order chi connectivity index (χ0) is 12.3. The van der Waals surface area contributed by atoms with E-state index >= 15 is 0 Å². The largest absolute Gasteiger partial charge is 0.495 e. The molecular formula is C13H18N2O2. The maximum absolute atomic E-state index is 11.8. The molecule has 0 saturated heterocycles. The molecule has 0 bridgehead atoms. The van der Waals surface area contributed by atoms with Gasteiger partial charge in [-0.05, 0) is 37.0 Å². The summed E-state index contributed by atoms with van der Waals surface area (Å²) in [5.41, 5.74) is 6.95. The molecule has 92 valence electrons. The van der Waals surface area contributed by atoms with E-state index in [1.54, 1.807) is 25.3 Å². The predicted octanol–water partition coefficient (Wildman–Crippen LogP) is 2.41. The summed E-state index contributed by atoms with van der Waals surface area (Å²) in [4.78, 5) is 11.8. The van der Waals surface area contributed by atoms with Gasteiger partial charge in [0.15, 0.2) is 0 Å². The maximum atomic E-state index is 11.8. The molecule has 0 atom stereocenters. The second-order valence-corrected chi connectivity index (χ2v) is 4.51. The summed E-state index contributed by atoms with van der Waals surface area (Å²) in [5, 5.41) is 2.86. The number of methoxy groups -OCH3 is 1. The van der Waals surface area contributed by atoms with Gasteiger partial charge in [0.25, 0.3) is 0 Å². The molecule has 0 radical (unpaired) electrons. The number of amides is 1. The monoisotopic (exact) mass is 234 g/mol. The van der Waals surface area contributed by atoms with Gasteiger partial charge in [-0.15, -0.1) is 0 Å². The van der Waals surface area contributed by atoms with E-state index in [2.05, 4.69) is 5.32 Å². The number of benzene rings is 1. The predicted molar refractivity (Wildman–Crippen MR) is 68.0 cm³/mol. The molecule has 0 heterocycles. The number of hydrogen-bond donors (Lipinski definition) is 2. The fourth-order valence-corrected chi connectivity index (χ4v) is 1.98. The fourth-order valence-electron chi connectivity index (χ4n) is 1.98. The van der Waals surface area contributed by atoms with E-state index in [0.717, 1.165) is 0 Å². The highest BCUT2D eigenvalue weighted by molar-refractivity contribution is 5.93. The van der Waals surface area contributed by atoms with Crippen LogP contribution in [0.2, 0.25) is 0 Å². The van der Waals surface area contributed by atoms with Crippen LogP contribution in [-0.2, 0) is 4.79 Å². The smallest absolute Gasteiger partial charge is 0.224 e. The molecule has 1 saturated carbocycles. The molecule has 4 heteroatoms. The van der Waals surface area contributed by atoms with Crippen molar-refractivity contribution in [2.45, 2.75) is 25.7 Å². The molecule has 2 rings (SSSR count). The molecule has 0 aromatic heterocycles. The summed E-state index contributed by atoms with van der Waals surface area (Å²) in [6.45, 7) is 0. The molecule has 1 amide bonds. The number of nitrogens with one attached hydrogen (secondary N) is 1. The maximum Gasteiger partial charge on any atom is 0.224 e. The van der Waals surface area contributed by atoms with Gasteiger partial charge in [0, 0.05) is 12.1 Å². The minimum atomic E-state index is 0.0404. The van der Waals surface area contributed by atoms with Crippen molar-refractivity contribution >= 4 is 17.3 Å². The van der Waals surface area contributed by atoms with Gasteiger partial charge >= 0.3 is 0 Å². The highest BCUT2D eigenvalue weighted by Gasteiger charge is 2.21. The number of nitrogens with two attached hydrogens (primary N) is 1. The molecule has 0 spiro atoms. The summed E-state index contributed by atoms with van der Waals surface area (Å²) in [5.74, 6) is 1.24. The minimum Gasteiger partial charge on any atom is -0.495 e. The van der Waals surface area contributed by atoms with Crippen molar-refractivity contribution in [2.24, 2.45) is 5.92 Å². The number of hydrogen-bond acceptors (Lipinski definition) is 3. The highest BCUT2D eigenvalue weighted by Crippen LogP contribution is 2.31. The molecule has 0 aliphatic heterocycles. The van der Waals surface area contributed by atoms with E-state index in [0.29, 0.717) is 29.5 Å². The van der Waals surface area contributed by atoms with Gasteiger partial charge in [-0.2, -0.15) is 0 Å². The Balaban J connectivity index is 2.00. The Bertz CT molecular complexity index is 414. The number of ether oxygens (including phenoxy) is 1. The van der Waals surface area contributed by atoms with Crippen LogP contribution in [0.25, 0.3) is 0 Å². The summed E-state index contributed by atoms with van der Waals surface area (Å²) >= 11 is 0. The zero-order valence-electron chi connectivity index (χ0n) is 10.0. The van der Waals surface area contributed by atoms with E-state index in [1.165, 1.54) is 19.3 Å². The first kappa shape index (κ1) is 11.8.